The van der Waals surface area contributed by atoms with Crippen LogP contribution in [0.2, 0.25) is 0 Å². The molecule has 0 amide bonds. The van der Waals surface area contributed by atoms with Gasteiger partial charge in [0.05, 0.1) is 4.90 Å². The van der Waals surface area contributed by atoms with E-state index in [4.69, 9.17) is 4.18 Å². The lowest BCUT2D eigenvalue weighted by Gasteiger charge is -2.58. The summed E-state index contributed by atoms with van der Waals surface area (Å²) in [6, 6.07) is 12.4. The molecule has 0 atom stereocenters. The van der Waals surface area contributed by atoms with Gasteiger partial charge in [0.25, 0.3) is 10.1 Å². The summed E-state index contributed by atoms with van der Waals surface area (Å²) in [4.78, 5) is 0.265. The van der Waals surface area contributed by atoms with Gasteiger partial charge in [-0.1, -0.05) is 38.1 Å². The molecule has 0 spiro atoms. The number of benzene rings is 3. The van der Waals surface area contributed by atoms with Gasteiger partial charge in [0.1, 0.15) is 10.6 Å². The van der Waals surface area contributed by atoms with Gasteiger partial charge in [0.2, 0.25) is 0 Å². The Kier molecular flexibility index (Phi) is 7.35. The lowest BCUT2D eigenvalue weighted by atomic mass is 9.46. The Morgan fingerprint density at radius 2 is 1.16 bits per heavy atom. The molecule has 0 radical (unpaired) electrons. The van der Waals surface area contributed by atoms with E-state index < -0.39 is 20.2 Å². The first kappa shape index (κ1) is 33.2. The Labute approximate surface area is 304 Å². The maximum Gasteiger partial charge on any atom is 0.339 e. The van der Waals surface area contributed by atoms with Crippen molar-refractivity contribution in [2.75, 3.05) is 0 Å². The second kappa shape index (κ2) is 11.3. The molecule has 0 saturated heterocycles. The van der Waals surface area contributed by atoms with E-state index in [1.807, 2.05) is 13.8 Å². The first-order valence-corrected chi connectivity index (χ1v) is 22.8. The third-order valence-corrected chi connectivity index (χ3v) is 17.3. The second-order valence-electron chi connectivity index (χ2n) is 18.9. The van der Waals surface area contributed by atoms with Crippen LogP contribution < -0.4 is 4.18 Å². The van der Waals surface area contributed by atoms with Crippen LogP contribution in [0.3, 0.4) is 0 Å². The molecule has 3 aromatic rings. The summed E-state index contributed by atoms with van der Waals surface area (Å²) >= 11 is 0. The van der Waals surface area contributed by atoms with E-state index in [2.05, 4.69) is 30.3 Å². The SMILES string of the molecule is CC(C)c1cc(S(=O)(=O)O)c2c(c1OS(=O)(=O)c1cc(C34CC5CC(CC(C5)C3)C4)c3ccccc3c1C13CC4CC(CC(C4)C1)C3)CCCC2. The molecule has 272 valence electrons. The maximum absolute atomic E-state index is 15.5. The monoisotopic (exact) mass is 728 g/mol. The molecule has 1 N–H and O–H groups in total. The first-order valence-electron chi connectivity index (χ1n) is 20.0. The normalized spacial score (nSPS) is 35.1. The van der Waals surface area contributed by atoms with Crippen LogP contribution in [-0.4, -0.2) is 21.4 Å². The minimum atomic E-state index is -4.50. The van der Waals surface area contributed by atoms with Gasteiger partial charge in [-0.3, -0.25) is 4.55 Å². The average molecular weight is 729 g/mol. The zero-order valence-corrected chi connectivity index (χ0v) is 31.8. The second-order valence-corrected chi connectivity index (χ2v) is 21.8. The molecule has 0 heterocycles. The van der Waals surface area contributed by atoms with Crippen molar-refractivity contribution in [3.63, 3.8) is 0 Å². The van der Waals surface area contributed by atoms with Crippen LogP contribution in [0.15, 0.2) is 46.2 Å². The number of hydrogen-bond acceptors (Lipinski definition) is 5. The molecule has 9 aliphatic rings. The van der Waals surface area contributed by atoms with Crippen LogP contribution in [0.25, 0.3) is 10.8 Å². The van der Waals surface area contributed by atoms with E-state index in [-0.39, 0.29) is 27.4 Å². The van der Waals surface area contributed by atoms with Crippen molar-refractivity contribution >= 4 is 31.0 Å². The molecule has 9 aliphatic carbocycles. The molecular weight excluding hydrogens is 677 g/mol. The van der Waals surface area contributed by atoms with E-state index in [0.717, 1.165) is 80.1 Å². The Morgan fingerprint density at radius 1 is 0.667 bits per heavy atom. The van der Waals surface area contributed by atoms with Gasteiger partial charge in [-0.05, 0) is 195 Å². The zero-order valence-electron chi connectivity index (χ0n) is 30.1. The topological polar surface area (TPSA) is 97.7 Å². The van der Waals surface area contributed by atoms with Crippen molar-refractivity contribution in [3.05, 3.63) is 64.2 Å². The van der Waals surface area contributed by atoms with Gasteiger partial charge >= 0.3 is 10.1 Å². The van der Waals surface area contributed by atoms with Crippen LogP contribution in [-0.2, 0) is 43.9 Å². The summed E-state index contributed by atoms with van der Waals surface area (Å²) < 4.78 is 73.2. The molecule has 12 rings (SSSR count). The molecule has 3 aromatic carbocycles. The van der Waals surface area contributed by atoms with E-state index >= 15 is 8.42 Å². The fourth-order valence-corrected chi connectivity index (χ4v) is 16.4. The van der Waals surface area contributed by atoms with Crippen LogP contribution in [0.1, 0.15) is 137 Å². The molecule has 0 unspecified atom stereocenters. The predicted molar refractivity (Wildman–Crippen MR) is 198 cm³/mol. The van der Waals surface area contributed by atoms with Crippen LogP contribution in [0.5, 0.6) is 5.75 Å². The lowest BCUT2D eigenvalue weighted by molar-refractivity contribution is -0.00703. The van der Waals surface area contributed by atoms with Gasteiger partial charge in [-0.25, -0.2) is 0 Å². The minimum absolute atomic E-state index is 0.0159. The minimum Gasteiger partial charge on any atom is -0.378 e. The van der Waals surface area contributed by atoms with Gasteiger partial charge in [-0.15, -0.1) is 0 Å². The quantitative estimate of drug-likeness (QED) is 0.192. The highest BCUT2D eigenvalue weighted by Gasteiger charge is 2.56. The van der Waals surface area contributed by atoms with E-state index in [0.29, 0.717) is 52.2 Å². The van der Waals surface area contributed by atoms with Crippen molar-refractivity contribution in [3.8, 4) is 5.75 Å². The maximum atomic E-state index is 15.5. The number of rotatable bonds is 7. The summed E-state index contributed by atoms with van der Waals surface area (Å²) in [7, 11) is -8.88. The third-order valence-electron chi connectivity index (χ3n) is 15.1. The summed E-state index contributed by atoms with van der Waals surface area (Å²) in [5.74, 6) is 4.14. The first-order chi connectivity index (χ1) is 24.3. The molecular formula is C43H52O6S2. The number of fused-ring (bicyclic) bond motifs is 2. The van der Waals surface area contributed by atoms with Gasteiger partial charge < -0.3 is 4.18 Å². The lowest BCUT2D eigenvalue weighted by Crippen LogP contribution is -2.50. The Balaban J connectivity index is 1.22. The van der Waals surface area contributed by atoms with Crippen LogP contribution in [0.4, 0.5) is 0 Å². The Hall–Kier alpha value is -2.42. The molecule has 8 saturated carbocycles. The highest BCUT2D eigenvalue weighted by atomic mass is 32.2. The molecule has 8 bridgehead atoms. The predicted octanol–water partition coefficient (Wildman–Crippen LogP) is 9.79. The Morgan fingerprint density at radius 3 is 1.67 bits per heavy atom. The smallest absolute Gasteiger partial charge is 0.339 e. The molecule has 51 heavy (non-hydrogen) atoms. The number of hydrogen-bond donors (Lipinski definition) is 1. The average Bonchev–Trinajstić information content (AvgIpc) is 3.05. The molecule has 8 fully saturated rings. The van der Waals surface area contributed by atoms with E-state index in [1.165, 1.54) is 55.5 Å². The molecule has 6 nitrogen and oxygen atoms in total. The molecule has 8 heteroatoms. The summed E-state index contributed by atoms with van der Waals surface area (Å²) in [5.41, 5.74) is 3.66. The van der Waals surface area contributed by atoms with Gasteiger partial charge in [0.15, 0.2) is 0 Å². The largest absolute Gasteiger partial charge is 0.378 e. The Bertz CT molecular complexity index is 2110. The van der Waals surface area contributed by atoms with Crippen molar-refractivity contribution in [1.29, 1.82) is 0 Å². The van der Waals surface area contributed by atoms with Crippen LogP contribution >= 0.6 is 0 Å². The van der Waals surface area contributed by atoms with Gasteiger partial charge in [0, 0.05) is 11.1 Å². The molecule has 0 aliphatic heterocycles. The standard InChI is InChI=1S/C43H52O6S2/c1-25(2)36-17-38(50(44,45)46)33-8-4-6-10-35(33)41(36)49-51(47,48)39-18-37(42-19-26-11-27(20-42)13-28(12-26)21-42)32-7-3-5-9-34(32)40(39)43-22-29-14-30(23-43)16-31(15-29)24-43/h3,5,7,9,17-18,25-31H,4,6,8,10-16,19-24H2,1-2H3,(H,44,45,46). The summed E-state index contributed by atoms with van der Waals surface area (Å²) in [5, 5.41) is 2.37. The fraction of sp³-hybridized carbons (Fsp3) is 0.628. The van der Waals surface area contributed by atoms with Crippen molar-refractivity contribution in [2.24, 2.45) is 35.5 Å². The highest BCUT2D eigenvalue weighted by molar-refractivity contribution is 7.87. The van der Waals surface area contributed by atoms with E-state index in [1.54, 1.807) is 0 Å². The fourth-order valence-electron chi connectivity index (χ4n) is 14.2. The van der Waals surface area contributed by atoms with Crippen molar-refractivity contribution in [1.82, 2.24) is 0 Å². The highest BCUT2D eigenvalue weighted by Crippen LogP contribution is 2.65. The zero-order chi connectivity index (χ0) is 35.1. The molecule has 0 aromatic heterocycles. The van der Waals surface area contributed by atoms with Crippen LogP contribution in [0, 0.1) is 35.5 Å². The van der Waals surface area contributed by atoms with Crippen molar-refractivity contribution < 1.29 is 25.6 Å². The summed E-state index contributed by atoms with van der Waals surface area (Å²) in [6.07, 6.45) is 16.9. The van der Waals surface area contributed by atoms with E-state index in [9.17, 15) is 13.0 Å². The van der Waals surface area contributed by atoms with Crippen molar-refractivity contribution in [2.45, 2.75) is 143 Å². The third kappa shape index (κ3) is 5.15. The summed E-state index contributed by atoms with van der Waals surface area (Å²) in [6.45, 7) is 3.86. The van der Waals surface area contributed by atoms with Gasteiger partial charge in [-0.2, -0.15) is 16.8 Å².